The van der Waals surface area contributed by atoms with Crippen LogP contribution in [0.15, 0.2) is 0 Å². The summed E-state index contributed by atoms with van der Waals surface area (Å²) in [6.07, 6.45) is -0.751. The lowest BCUT2D eigenvalue weighted by atomic mass is 10.1. The van der Waals surface area contributed by atoms with Crippen LogP contribution in [0.1, 0.15) is 27.7 Å². The predicted molar refractivity (Wildman–Crippen MR) is 78.5 cm³/mol. The van der Waals surface area contributed by atoms with E-state index < -0.39 is 23.9 Å². The van der Waals surface area contributed by atoms with Crippen LogP contribution in [-0.2, 0) is 14.3 Å². The van der Waals surface area contributed by atoms with Crippen LogP contribution in [0.2, 0.25) is 0 Å². The highest BCUT2D eigenvalue weighted by atomic mass is 32.1. The first-order chi connectivity index (χ1) is 9.77. The molecular formula is C13H18N2O5S. The summed E-state index contributed by atoms with van der Waals surface area (Å²) >= 11 is 1.19. The molecule has 0 aliphatic carbocycles. The van der Waals surface area contributed by atoms with E-state index >= 15 is 0 Å². The van der Waals surface area contributed by atoms with Crippen molar-refractivity contribution < 1.29 is 24.2 Å². The van der Waals surface area contributed by atoms with E-state index in [-0.39, 0.29) is 17.1 Å². The number of aliphatic hydroxyl groups excluding tert-OH is 1. The first-order valence-electron chi connectivity index (χ1n) is 6.23. The van der Waals surface area contributed by atoms with Gasteiger partial charge in [-0.1, -0.05) is 0 Å². The molecule has 0 aromatic carbocycles. The SMILES string of the molecule is COC(=O)c1c(NC(=O)C(=O)NCC(C)O)sc(C)c1C. The molecule has 1 atom stereocenters. The van der Waals surface area contributed by atoms with Gasteiger partial charge in [0.15, 0.2) is 0 Å². The third-order valence-corrected chi connectivity index (χ3v) is 3.89. The Bertz CT molecular complexity index is 565. The van der Waals surface area contributed by atoms with Gasteiger partial charge in [-0.3, -0.25) is 9.59 Å². The molecule has 7 nitrogen and oxygen atoms in total. The summed E-state index contributed by atoms with van der Waals surface area (Å²) in [6.45, 7) is 5.00. The summed E-state index contributed by atoms with van der Waals surface area (Å²) in [5.74, 6) is -2.35. The first-order valence-corrected chi connectivity index (χ1v) is 7.05. The highest BCUT2D eigenvalue weighted by Gasteiger charge is 2.23. The molecule has 1 unspecified atom stereocenters. The van der Waals surface area contributed by atoms with Crippen LogP contribution in [0, 0.1) is 13.8 Å². The number of amides is 2. The molecule has 0 saturated heterocycles. The zero-order valence-corrected chi connectivity index (χ0v) is 13.1. The quantitative estimate of drug-likeness (QED) is 0.557. The van der Waals surface area contributed by atoms with Gasteiger partial charge >= 0.3 is 17.8 Å². The summed E-state index contributed by atoms with van der Waals surface area (Å²) in [6, 6.07) is 0. The van der Waals surface area contributed by atoms with Gasteiger partial charge in [-0.15, -0.1) is 11.3 Å². The third kappa shape index (κ3) is 4.27. The molecule has 0 aliphatic rings. The number of thiophene rings is 1. The van der Waals surface area contributed by atoms with Gasteiger partial charge in [-0.2, -0.15) is 0 Å². The van der Waals surface area contributed by atoms with Gasteiger partial charge in [0, 0.05) is 11.4 Å². The van der Waals surface area contributed by atoms with E-state index in [1.807, 2.05) is 0 Å². The average molecular weight is 314 g/mol. The van der Waals surface area contributed by atoms with Crippen LogP contribution in [-0.4, -0.2) is 42.6 Å². The second-order valence-corrected chi connectivity index (χ2v) is 5.72. The van der Waals surface area contributed by atoms with Gasteiger partial charge in [-0.05, 0) is 26.3 Å². The van der Waals surface area contributed by atoms with E-state index in [2.05, 4.69) is 15.4 Å². The predicted octanol–water partition coefficient (Wildman–Crippen LogP) is 0.587. The summed E-state index contributed by atoms with van der Waals surface area (Å²) in [5, 5.41) is 14.0. The smallest absolute Gasteiger partial charge is 0.341 e. The molecule has 116 valence electrons. The molecular weight excluding hydrogens is 296 g/mol. The molecule has 0 spiro atoms. The molecule has 21 heavy (non-hydrogen) atoms. The van der Waals surface area contributed by atoms with Crippen LogP contribution in [0.25, 0.3) is 0 Å². The highest BCUT2D eigenvalue weighted by Crippen LogP contribution is 2.32. The van der Waals surface area contributed by atoms with Gasteiger partial charge in [-0.25, -0.2) is 4.79 Å². The van der Waals surface area contributed by atoms with Gasteiger partial charge < -0.3 is 20.5 Å². The standard InChI is InChI=1S/C13H18N2O5S/c1-6(16)5-14-10(17)11(18)15-12-9(13(19)20-4)7(2)8(3)21-12/h6,16H,5H2,1-4H3,(H,14,17)(H,15,18). The number of carbonyl (C=O) groups is 3. The molecule has 1 aromatic heterocycles. The summed E-state index contributed by atoms with van der Waals surface area (Å²) in [4.78, 5) is 35.9. The van der Waals surface area contributed by atoms with Gasteiger partial charge in [0.2, 0.25) is 0 Å². The minimum atomic E-state index is -0.901. The maximum absolute atomic E-state index is 11.8. The number of hydrogen-bond donors (Lipinski definition) is 3. The van der Waals surface area contributed by atoms with E-state index in [0.29, 0.717) is 5.56 Å². The van der Waals surface area contributed by atoms with Gasteiger partial charge in [0.25, 0.3) is 0 Å². The van der Waals surface area contributed by atoms with Crippen LogP contribution < -0.4 is 10.6 Å². The molecule has 0 saturated carbocycles. The topological polar surface area (TPSA) is 105 Å². The summed E-state index contributed by atoms with van der Waals surface area (Å²) in [5.41, 5.74) is 0.947. The van der Waals surface area contributed by atoms with E-state index in [9.17, 15) is 14.4 Å². The minimum Gasteiger partial charge on any atom is -0.465 e. The molecule has 3 N–H and O–H groups in total. The van der Waals surface area contributed by atoms with E-state index in [1.165, 1.54) is 25.4 Å². The van der Waals surface area contributed by atoms with Crippen LogP contribution in [0.5, 0.6) is 0 Å². The van der Waals surface area contributed by atoms with Crippen LogP contribution in [0.3, 0.4) is 0 Å². The fourth-order valence-corrected chi connectivity index (χ4v) is 2.59. The normalized spacial score (nSPS) is 11.7. The maximum Gasteiger partial charge on any atom is 0.341 e. The van der Waals surface area contributed by atoms with Crippen molar-refractivity contribution in [2.75, 3.05) is 19.0 Å². The number of methoxy groups -OCH3 is 1. The Hall–Kier alpha value is -1.93. The fourth-order valence-electron chi connectivity index (χ4n) is 1.54. The van der Waals surface area contributed by atoms with Gasteiger partial charge in [0.1, 0.15) is 5.00 Å². The minimum absolute atomic E-state index is 0.0292. The van der Waals surface area contributed by atoms with Crippen molar-refractivity contribution >= 4 is 34.1 Å². The largest absolute Gasteiger partial charge is 0.465 e. The number of rotatable bonds is 4. The zero-order valence-electron chi connectivity index (χ0n) is 12.3. The zero-order chi connectivity index (χ0) is 16.2. The number of aliphatic hydroxyl groups is 1. The number of ether oxygens (including phenoxy) is 1. The Labute approximate surface area is 126 Å². The van der Waals surface area contributed by atoms with E-state index in [4.69, 9.17) is 5.11 Å². The van der Waals surface area contributed by atoms with Crippen molar-refractivity contribution in [1.29, 1.82) is 0 Å². The van der Waals surface area contributed by atoms with Gasteiger partial charge in [0.05, 0.1) is 18.8 Å². The molecule has 0 radical (unpaired) electrons. The van der Waals surface area contributed by atoms with Crippen molar-refractivity contribution in [3.05, 3.63) is 16.0 Å². The molecule has 1 rings (SSSR count). The molecule has 2 amide bonds. The van der Waals surface area contributed by atoms with E-state index in [1.54, 1.807) is 13.8 Å². The van der Waals surface area contributed by atoms with E-state index in [0.717, 1.165) is 4.88 Å². The first kappa shape index (κ1) is 17.1. The van der Waals surface area contributed by atoms with Crippen LogP contribution in [0.4, 0.5) is 5.00 Å². The van der Waals surface area contributed by atoms with Crippen molar-refractivity contribution in [2.24, 2.45) is 0 Å². The Balaban J connectivity index is 2.88. The lowest BCUT2D eigenvalue weighted by molar-refractivity contribution is -0.136. The second-order valence-electron chi connectivity index (χ2n) is 4.49. The highest BCUT2D eigenvalue weighted by molar-refractivity contribution is 7.17. The Morgan fingerprint density at radius 2 is 1.90 bits per heavy atom. The second kappa shape index (κ2) is 7.19. The number of hydrogen-bond acceptors (Lipinski definition) is 6. The van der Waals surface area contributed by atoms with Crippen molar-refractivity contribution in [3.63, 3.8) is 0 Å². The summed E-state index contributed by atoms with van der Waals surface area (Å²) in [7, 11) is 1.25. The average Bonchev–Trinajstić information content (AvgIpc) is 2.70. The molecule has 0 bridgehead atoms. The fraction of sp³-hybridized carbons (Fsp3) is 0.462. The summed E-state index contributed by atoms with van der Waals surface area (Å²) < 4.78 is 4.67. The number of carbonyl (C=O) groups excluding carboxylic acids is 3. The number of nitrogens with one attached hydrogen (secondary N) is 2. The Kier molecular flexibility index (Phi) is 5.86. The number of esters is 1. The Morgan fingerprint density at radius 1 is 1.29 bits per heavy atom. The molecule has 0 aliphatic heterocycles. The molecule has 1 heterocycles. The monoisotopic (exact) mass is 314 g/mol. The number of aryl methyl sites for hydroxylation is 1. The van der Waals surface area contributed by atoms with Crippen molar-refractivity contribution in [1.82, 2.24) is 5.32 Å². The molecule has 0 fully saturated rings. The Morgan fingerprint density at radius 3 is 2.43 bits per heavy atom. The van der Waals surface area contributed by atoms with Crippen LogP contribution >= 0.6 is 11.3 Å². The third-order valence-electron chi connectivity index (χ3n) is 2.77. The molecule has 8 heteroatoms. The van der Waals surface area contributed by atoms with Crippen molar-refractivity contribution in [3.8, 4) is 0 Å². The lowest BCUT2D eigenvalue weighted by Crippen LogP contribution is -2.38. The number of anilines is 1. The molecule has 1 aromatic rings. The van der Waals surface area contributed by atoms with Crippen molar-refractivity contribution in [2.45, 2.75) is 26.9 Å². The maximum atomic E-state index is 11.8. The lowest BCUT2D eigenvalue weighted by Gasteiger charge is -2.08.